The molecule has 3 N–H and O–H groups in total. The first-order valence-corrected chi connectivity index (χ1v) is 4.50. The lowest BCUT2D eigenvalue weighted by molar-refractivity contribution is -0.138. The van der Waals surface area contributed by atoms with Gasteiger partial charge in [-0.05, 0) is 12.1 Å². The van der Waals surface area contributed by atoms with Crippen LogP contribution in [0.4, 0.5) is 13.2 Å². The molecule has 0 bridgehead atoms. The van der Waals surface area contributed by atoms with Crippen molar-refractivity contribution in [3.05, 3.63) is 33.8 Å². The van der Waals surface area contributed by atoms with Crippen LogP contribution in [0, 0.1) is 0 Å². The van der Waals surface area contributed by atoms with Crippen LogP contribution < -0.4 is 5.73 Å². The van der Waals surface area contributed by atoms with Crippen LogP contribution in [-0.2, 0) is 6.18 Å². The second-order valence-corrected chi connectivity index (χ2v) is 3.53. The lowest BCUT2D eigenvalue weighted by Gasteiger charge is -2.10. The Hall–Kier alpha value is -1.24. The molecule has 1 rings (SSSR count). The number of rotatable bonds is 1. The minimum Gasteiger partial charge on any atom is -0.409 e. The molecular weight excluding hydrogens is 277 g/mol. The zero-order chi connectivity index (χ0) is 11.6. The molecule has 0 atom stereocenters. The third-order valence-corrected chi connectivity index (χ3v) is 2.37. The van der Waals surface area contributed by atoms with Crippen molar-refractivity contribution in [1.82, 2.24) is 0 Å². The fraction of sp³-hybridized carbons (Fsp3) is 0.125. The Morgan fingerprint density at radius 1 is 1.40 bits per heavy atom. The second kappa shape index (κ2) is 4.09. The Kier molecular flexibility index (Phi) is 3.23. The highest BCUT2D eigenvalue weighted by molar-refractivity contribution is 9.10. The maximum absolute atomic E-state index is 12.4. The third kappa shape index (κ3) is 2.62. The first kappa shape index (κ1) is 11.8. The minimum atomic E-state index is -4.48. The molecular formula is C8H6BrF3N2O. The van der Waals surface area contributed by atoms with Gasteiger partial charge in [0.15, 0.2) is 5.84 Å². The predicted octanol–water partition coefficient (Wildman–Crippen LogP) is 2.56. The van der Waals surface area contributed by atoms with Crippen LogP contribution in [-0.4, -0.2) is 11.0 Å². The lowest BCUT2D eigenvalue weighted by atomic mass is 10.1. The van der Waals surface area contributed by atoms with Gasteiger partial charge in [0.2, 0.25) is 0 Å². The van der Waals surface area contributed by atoms with E-state index >= 15 is 0 Å². The molecule has 0 aliphatic heterocycles. The fourth-order valence-electron chi connectivity index (χ4n) is 0.960. The molecule has 3 nitrogen and oxygen atoms in total. The molecule has 0 unspecified atom stereocenters. The molecule has 0 saturated carbocycles. The molecule has 0 spiro atoms. The number of hydrogen-bond acceptors (Lipinski definition) is 2. The zero-order valence-electron chi connectivity index (χ0n) is 7.22. The maximum atomic E-state index is 12.4. The number of nitrogens with two attached hydrogens (primary N) is 1. The van der Waals surface area contributed by atoms with Crippen LogP contribution in [0.5, 0.6) is 0 Å². The lowest BCUT2D eigenvalue weighted by Crippen LogP contribution is -2.15. The average Bonchev–Trinajstić information content (AvgIpc) is 2.15. The van der Waals surface area contributed by atoms with E-state index in [0.29, 0.717) is 0 Å². The van der Waals surface area contributed by atoms with E-state index in [4.69, 9.17) is 10.9 Å². The summed E-state index contributed by atoms with van der Waals surface area (Å²) in [5, 5.41) is 10.9. The Morgan fingerprint density at radius 2 is 2.00 bits per heavy atom. The van der Waals surface area contributed by atoms with Crippen LogP contribution in [0.2, 0.25) is 0 Å². The van der Waals surface area contributed by atoms with Gasteiger partial charge < -0.3 is 10.9 Å². The van der Waals surface area contributed by atoms with Gasteiger partial charge in [-0.15, -0.1) is 0 Å². The molecule has 7 heteroatoms. The topological polar surface area (TPSA) is 58.6 Å². The van der Waals surface area contributed by atoms with Crippen molar-refractivity contribution in [2.45, 2.75) is 6.18 Å². The van der Waals surface area contributed by atoms with Gasteiger partial charge in [0.05, 0.1) is 5.56 Å². The summed E-state index contributed by atoms with van der Waals surface area (Å²) in [5.74, 6) is -0.368. The van der Waals surface area contributed by atoms with Crippen LogP contribution in [0.15, 0.2) is 27.8 Å². The summed E-state index contributed by atoms with van der Waals surface area (Å²) in [6.45, 7) is 0. The number of benzene rings is 1. The SMILES string of the molecule is N/C(=N\O)c1ccc(Br)c(C(F)(F)F)c1. The van der Waals surface area contributed by atoms with E-state index < -0.39 is 11.7 Å². The number of alkyl halides is 3. The molecule has 0 aliphatic carbocycles. The summed E-state index contributed by atoms with van der Waals surface area (Å²) in [7, 11) is 0. The summed E-state index contributed by atoms with van der Waals surface area (Å²) < 4.78 is 37.2. The van der Waals surface area contributed by atoms with Gasteiger partial charge >= 0.3 is 6.18 Å². The normalized spacial score (nSPS) is 12.9. The van der Waals surface area contributed by atoms with Crippen LogP contribution in [0.3, 0.4) is 0 Å². The summed E-state index contributed by atoms with van der Waals surface area (Å²) in [5.41, 5.74) is 4.31. The van der Waals surface area contributed by atoms with Crippen molar-refractivity contribution in [3.8, 4) is 0 Å². The van der Waals surface area contributed by atoms with Gasteiger partial charge in [-0.25, -0.2) is 0 Å². The molecule has 0 fully saturated rings. The summed E-state index contributed by atoms with van der Waals surface area (Å²) in [4.78, 5) is 0. The highest BCUT2D eigenvalue weighted by Gasteiger charge is 2.33. The van der Waals surface area contributed by atoms with Crippen molar-refractivity contribution in [2.24, 2.45) is 10.9 Å². The zero-order valence-corrected chi connectivity index (χ0v) is 8.80. The summed E-state index contributed by atoms with van der Waals surface area (Å²) in [6.07, 6.45) is -4.48. The quantitative estimate of drug-likeness (QED) is 0.360. The van der Waals surface area contributed by atoms with Gasteiger partial charge in [0.1, 0.15) is 0 Å². The van der Waals surface area contributed by atoms with Crippen molar-refractivity contribution < 1.29 is 18.4 Å². The van der Waals surface area contributed by atoms with E-state index in [0.717, 1.165) is 6.07 Å². The Morgan fingerprint density at radius 3 is 2.47 bits per heavy atom. The molecule has 0 aromatic heterocycles. The van der Waals surface area contributed by atoms with E-state index in [9.17, 15) is 13.2 Å². The number of amidine groups is 1. The maximum Gasteiger partial charge on any atom is 0.417 e. The van der Waals surface area contributed by atoms with E-state index in [2.05, 4.69) is 21.1 Å². The number of oxime groups is 1. The van der Waals surface area contributed by atoms with Crippen molar-refractivity contribution in [1.29, 1.82) is 0 Å². The average molecular weight is 283 g/mol. The smallest absolute Gasteiger partial charge is 0.409 e. The molecule has 0 radical (unpaired) electrons. The summed E-state index contributed by atoms with van der Waals surface area (Å²) >= 11 is 2.77. The fourth-order valence-corrected chi connectivity index (χ4v) is 1.43. The van der Waals surface area contributed by atoms with Gasteiger partial charge in [-0.2, -0.15) is 13.2 Å². The first-order valence-electron chi connectivity index (χ1n) is 3.71. The van der Waals surface area contributed by atoms with Crippen molar-refractivity contribution in [3.63, 3.8) is 0 Å². The molecule has 0 aliphatic rings. The van der Waals surface area contributed by atoms with Crippen molar-refractivity contribution in [2.75, 3.05) is 0 Å². The van der Waals surface area contributed by atoms with E-state index in [-0.39, 0.29) is 15.9 Å². The minimum absolute atomic E-state index is 0.00743. The van der Waals surface area contributed by atoms with Gasteiger partial charge in [0, 0.05) is 10.0 Å². The van der Waals surface area contributed by atoms with E-state index in [1.165, 1.54) is 12.1 Å². The van der Waals surface area contributed by atoms with Gasteiger partial charge in [-0.1, -0.05) is 27.2 Å². The van der Waals surface area contributed by atoms with Gasteiger partial charge in [0.25, 0.3) is 0 Å². The Balaban J connectivity index is 3.29. The third-order valence-electron chi connectivity index (χ3n) is 1.68. The molecule has 1 aromatic carbocycles. The highest BCUT2D eigenvalue weighted by atomic mass is 79.9. The highest BCUT2D eigenvalue weighted by Crippen LogP contribution is 2.35. The molecule has 82 valence electrons. The first-order chi connectivity index (χ1) is 6.86. The Bertz CT molecular complexity index is 403. The molecule has 0 heterocycles. The second-order valence-electron chi connectivity index (χ2n) is 2.68. The van der Waals surface area contributed by atoms with Crippen LogP contribution in [0.25, 0.3) is 0 Å². The largest absolute Gasteiger partial charge is 0.417 e. The van der Waals surface area contributed by atoms with Crippen LogP contribution >= 0.6 is 15.9 Å². The molecule has 1 aromatic rings. The number of halogens is 4. The van der Waals surface area contributed by atoms with Crippen molar-refractivity contribution >= 4 is 21.8 Å². The molecule has 15 heavy (non-hydrogen) atoms. The number of nitrogens with zero attached hydrogens (tertiary/aromatic N) is 1. The Labute approximate surface area is 91.5 Å². The standard InChI is InChI=1S/C8H6BrF3N2O/c9-6-2-1-4(7(13)14-15)3-5(6)8(10,11)12/h1-3,15H,(H2,13,14). The van der Waals surface area contributed by atoms with Crippen LogP contribution in [0.1, 0.15) is 11.1 Å². The summed E-state index contributed by atoms with van der Waals surface area (Å²) in [6, 6.07) is 3.31. The van der Waals surface area contributed by atoms with Gasteiger partial charge in [-0.3, -0.25) is 0 Å². The molecule has 0 amide bonds. The monoisotopic (exact) mass is 282 g/mol. The predicted molar refractivity (Wildman–Crippen MR) is 51.7 cm³/mol. The van der Waals surface area contributed by atoms with E-state index in [1.54, 1.807) is 0 Å². The molecule has 0 saturated heterocycles. The van der Waals surface area contributed by atoms with E-state index in [1.807, 2.05) is 0 Å². The number of hydrogen-bond donors (Lipinski definition) is 2.